The van der Waals surface area contributed by atoms with Crippen molar-refractivity contribution in [1.82, 2.24) is 14.9 Å². The van der Waals surface area contributed by atoms with Crippen molar-refractivity contribution in [2.24, 2.45) is 0 Å². The lowest BCUT2D eigenvalue weighted by molar-refractivity contribution is 0.463. The van der Waals surface area contributed by atoms with E-state index < -0.39 is 0 Å². The molecule has 2 aliphatic heterocycles. The molecule has 3 rings (SSSR count). The molecule has 1 aromatic rings. The number of rotatable bonds is 2. The fraction of sp³-hybridized carbons (Fsp3) is 0.769. The van der Waals surface area contributed by atoms with E-state index in [9.17, 15) is 0 Å². The van der Waals surface area contributed by atoms with Crippen LogP contribution in [0.25, 0.3) is 0 Å². The third kappa shape index (κ3) is 1.88. The summed E-state index contributed by atoms with van der Waals surface area (Å²) in [6.45, 7) is 4.66. The molecule has 0 saturated carbocycles. The highest BCUT2D eigenvalue weighted by molar-refractivity contribution is 5.11. The molecule has 2 atom stereocenters. The minimum absolute atomic E-state index is 0.652. The third-order valence-electron chi connectivity index (χ3n) is 3.95. The van der Waals surface area contributed by atoms with E-state index in [0.717, 1.165) is 6.42 Å². The maximum absolute atomic E-state index is 4.82. The Morgan fingerprint density at radius 1 is 1.44 bits per heavy atom. The van der Waals surface area contributed by atoms with E-state index in [-0.39, 0.29) is 0 Å². The molecule has 1 fully saturated rings. The molecule has 1 aromatic heterocycles. The molecule has 2 unspecified atom stereocenters. The van der Waals surface area contributed by atoms with Crippen LogP contribution in [0, 0.1) is 0 Å². The number of aryl methyl sites for hydroxylation is 1. The lowest BCUT2D eigenvalue weighted by Crippen LogP contribution is -2.23. The maximum Gasteiger partial charge on any atom is 0.111 e. The van der Waals surface area contributed by atoms with Crippen LogP contribution in [0.15, 0.2) is 6.20 Å². The van der Waals surface area contributed by atoms with Gasteiger partial charge in [-0.15, -0.1) is 0 Å². The average Bonchev–Trinajstić information content (AvgIpc) is 2.88. The Morgan fingerprint density at radius 3 is 3.12 bits per heavy atom. The SMILES string of the molecule is CC1CCCn2cc(CC3CCCN3)nc21. The summed E-state index contributed by atoms with van der Waals surface area (Å²) >= 11 is 0. The topological polar surface area (TPSA) is 29.9 Å². The normalized spacial score (nSPS) is 29.3. The van der Waals surface area contributed by atoms with Gasteiger partial charge in [-0.3, -0.25) is 0 Å². The monoisotopic (exact) mass is 219 g/mol. The Hall–Kier alpha value is -0.830. The lowest BCUT2D eigenvalue weighted by atomic mass is 10.0. The molecule has 0 amide bonds. The quantitative estimate of drug-likeness (QED) is 0.825. The predicted octanol–water partition coefficient (Wildman–Crippen LogP) is 2.07. The summed E-state index contributed by atoms with van der Waals surface area (Å²) in [6.07, 6.45) is 8.66. The number of nitrogens with one attached hydrogen (secondary N) is 1. The summed E-state index contributed by atoms with van der Waals surface area (Å²) < 4.78 is 2.37. The number of hydrogen-bond acceptors (Lipinski definition) is 2. The van der Waals surface area contributed by atoms with Gasteiger partial charge in [-0.2, -0.15) is 0 Å². The summed E-state index contributed by atoms with van der Waals surface area (Å²) in [5.74, 6) is 1.97. The molecule has 3 heteroatoms. The smallest absolute Gasteiger partial charge is 0.111 e. The van der Waals surface area contributed by atoms with Gasteiger partial charge in [-0.25, -0.2) is 4.98 Å². The zero-order valence-corrected chi connectivity index (χ0v) is 10.1. The first-order valence-corrected chi connectivity index (χ1v) is 6.62. The first-order valence-electron chi connectivity index (χ1n) is 6.62. The Labute approximate surface area is 97.3 Å². The second kappa shape index (κ2) is 4.21. The second-order valence-corrected chi connectivity index (χ2v) is 5.32. The van der Waals surface area contributed by atoms with E-state index >= 15 is 0 Å². The van der Waals surface area contributed by atoms with Gasteiger partial charge in [0.2, 0.25) is 0 Å². The van der Waals surface area contributed by atoms with Gasteiger partial charge >= 0.3 is 0 Å². The average molecular weight is 219 g/mol. The van der Waals surface area contributed by atoms with E-state index in [0.29, 0.717) is 12.0 Å². The molecule has 0 radical (unpaired) electrons. The second-order valence-electron chi connectivity index (χ2n) is 5.32. The van der Waals surface area contributed by atoms with Gasteiger partial charge in [-0.1, -0.05) is 6.92 Å². The fourth-order valence-electron chi connectivity index (χ4n) is 3.04. The zero-order valence-electron chi connectivity index (χ0n) is 10.1. The summed E-state index contributed by atoms with van der Waals surface area (Å²) in [5, 5.41) is 3.55. The van der Waals surface area contributed by atoms with E-state index in [1.54, 1.807) is 0 Å². The van der Waals surface area contributed by atoms with Crippen molar-refractivity contribution in [3.05, 3.63) is 17.7 Å². The van der Waals surface area contributed by atoms with Crippen LogP contribution in [-0.4, -0.2) is 22.1 Å². The minimum atomic E-state index is 0.652. The van der Waals surface area contributed by atoms with E-state index in [2.05, 4.69) is 23.0 Å². The van der Waals surface area contributed by atoms with Crippen molar-refractivity contribution in [2.45, 2.75) is 57.5 Å². The number of imidazole rings is 1. The number of fused-ring (bicyclic) bond motifs is 1. The third-order valence-corrected chi connectivity index (χ3v) is 3.95. The number of aromatic nitrogens is 2. The van der Waals surface area contributed by atoms with Crippen LogP contribution in [0.1, 0.15) is 50.0 Å². The van der Waals surface area contributed by atoms with Gasteiger partial charge in [0.1, 0.15) is 5.82 Å². The molecule has 0 aromatic carbocycles. The van der Waals surface area contributed by atoms with Crippen LogP contribution >= 0.6 is 0 Å². The van der Waals surface area contributed by atoms with Crippen molar-refractivity contribution >= 4 is 0 Å². The largest absolute Gasteiger partial charge is 0.334 e. The summed E-state index contributed by atoms with van der Waals surface area (Å²) in [4.78, 5) is 4.82. The van der Waals surface area contributed by atoms with Crippen LogP contribution in [0.2, 0.25) is 0 Å². The van der Waals surface area contributed by atoms with Gasteiger partial charge in [0.25, 0.3) is 0 Å². The van der Waals surface area contributed by atoms with Crippen molar-refractivity contribution in [2.75, 3.05) is 6.54 Å². The lowest BCUT2D eigenvalue weighted by Gasteiger charge is -2.19. The molecule has 2 aliphatic rings. The molecule has 0 aliphatic carbocycles. The first-order chi connectivity index (χ1) is 7.83. The zero-order chi connectivity index (χ0) is 11.0. The molecular formula is C13H21N3. The van der Waals surface area contributed by atoms with Crippen molar-refractivity contribution in [1.29, 1.82) is 0 Å². The van der Waals surface area contributed by atoms with Crippen molar-refractivity contribution < 1.29 is 0 Å². The Balaban J connectivity index is 1.75. The van der Waals surface area contributed by atoms with Gasteiger partial charge < -0.3 is 9.88 Å². The predicted molar refractivity (Wildman–Crippen MR) is 64.6 cm³/mol. The summed E-state index contributed by atoms with van der Waals surface area (Å²) in [7, 11) is 0. The standard InChI is InChI=1S/C13H21N3/c1-10-4-3-7-16-9-12(15-13(10)16)8-11-5-2-6-14-11/h9-11,14H,2-8H2,1H3. The molecule has 0 spiro atoms. The Bertz CT molecular complexity index is 363. The number of hydrogen-bond donors (Lipinski definition) is 1. The Morgan fingerprint density at radius 2 is 2.38 bits per heavy atom. The molecule has 1 N–H and O–H groups in total. The van der Waals surface area contributed by atoms with Gasteiger partial charge in [-0.05, 0) is 32.2 Å². The highest BCUT2D eigenvalue weighted by Gasteiger charge is 2.21. The van der Waals surface area contributed by atoms with Crippen molar-refractivity contribution in [3.8, 4) is 0 Å². The molecule has 3 heterocycles. The highest BCUT2D eigenvalue weighted by Crippen LogP contribution is 2.26. The van der Waals surface area contributed by atoms with Crippen molar-refractivity contribution in [3.63, 3.8) is 0 Å². The summed E-state index contributed by atoms with van der Waals surface area (Å²) in [6, 6.07) is 0.673. The van der Waals surface area contributed by atoms with E-state index in [1.807, 2.05) is 0 Å². The minimum Gasteiger partial charge on any atom is -0.334 e. The van der Waals surface area contributed by atoms with E-state index in [4.69, 9.17) is 4.98 Å². The summed E-state index contributed by atoms with van der Waals surface area (Å²) in [5.41, 5.74) is 1.29. The molecule has 1 saturated heterocycles. The molecule has 16 heavy (non-hydrogen) atoms. The van der Waals surface area contributed by atoms with Gasteiger partial charge in [0.05, 0.1) is 5.69 Å². The maximum atomic E-state index is 4.82. The van der Waals surface area contributed by atoms with Gasteiger partial charge in [0, 0.05) is 31.1 Å². The number of nitrogens with zero attached hydrogens (tertiary/aromatic N) is 2. The molecular weight excluding hydrogens is 198 g/mol. The molecule has 3 nitrogen and oxygen atoms in total. The van der Waals surface area contributed by atoms with Crippen LogP contribution in [0.4, 0.5) is 0 Å². The van der Waals surface area contributed by atoms with Crippen LogP contribution in [0.5, 0.6) is 0 Å². The van der Waals surface area contributed by atoms with Crippen LogP contribution in [0.3, 0.4) is 0 Å². The molecule has 0 bridgehead atoms. The fourth-order valence-corrected chi connectivity index (χ4v) is 3.04. The highest BCUT2D eigenvalue weighted by atomic mass is 15.1. The first kappa shape index (κ1) is 10.3. The van der Waals surface area contributed by atoms with Gasteiger partial charge in [0.15, 0.2) is 0 Å². The van der Waals surface area contributed by atoms with Crippen LogP contribution in [-0.2, 0) is 13.0 Å². The van der Waals surface area contributed by atoms with E-state index in [1.165, 1.54) is 50.3 Å². The Kier molecular flexibility index (Phi) is 2.72. The molecule has 88 valence electrons. The van der Waals surface area contributed by atoms with Crippen LogP contribution < -0.4 is 5.32 Å².